The number of hydrogen-bond acceptors (Lipinski definition) is 6. The largest absolute Gasteiger partial charge is 0.416 e. The Balaban J connectivity index is 1.40. The van der Waals surface area contributed by atoms with Crippen molar-refractivity contribution in [1.82, 2.24) is 24.5 Å². The maximum absolute atomic E-state index is 13.8. The first-order chi connectivity index (χ1) is 18.6. The SMILES string of the molecule is CCc1c(N2CCNCC2)c(=O)n2nc(C3=CC4CC4C3)nc2n1CC(=O)Nc1ccc(C(F)(F)F)cc1Cl. The molecule has 1 saturated carbocycles. The van der Waals surface area contributed by atoms with Crippen molar-refractivity contribution in [3.63, 3.8) is 0 Å². The molecule has 3 heterocycles. The van der Waals surface area contributed by atoms with Crippen molar-refractivity contribution < 1.29 is 18.0 Å². The molecule has 9 nitrogen and oxygen atoms in total. The Morgan fingerprint density at radius 1 is 1.26 bits per heavy atom. The summed E-state index contributed by atoms with van der Waals surface area (Å²) in [6.07, 6.45) is 0.113. The van der Waals surface area contributed by atoms with Crippen molar-refractivity contribution in [1.29, 1.82) is 0 Å². The van der Waals surface area contributed by atoms with E-state index in [-0.39, 0.29) is 28.6 Å². The lowest BCUT2D eigenvalue weighted by Gasteiger charge is -2.31. The van der Waals surface area contributed by atoms with Gasteiger partial charge in [0.25, 0.3) is 5.56 Å². The molecule has 39 heavy (non-hydrogen) atoms. The van der Waals surface area contributed by atoms with Crippen LogP contribution in [0.5, 0.6) is 0 Å². The van der Waals surface area contributed by atoms with Crippen molar-refractivity contribution in [3.05, 3.63) is 56.7 Å². The summed E-state index contributed by atoms with van der Waals surface area (Å²) >= 11 is 6.07. The zero-order chi connectivity index (χ0) is 27.5. The molecule has 2 fully saturated rings. The third-order valence-electron chi connectivity index (χ3n) is 7.63. The fraction of sp³-hybridized carbons (Fsp3) is 0.462. The molecule has 0 radical (unpaired) electrons. The van der Waals surface area contributed by atoms with Crippen molar-refractivity contribution in [3.8, 4) is 0 Å². The maximum atomic E-state index is 13.8. The van der Waals surface area contributed by atoms with Crippen LogP contribution in [-0.2, 0) is 23.9 Å². The number of carbonyl (C=O) groups is 1. The second-order valence-electron chi connectivity index (χ2n) is 10.2. The number of nitrogens with one attached hydrogen (secondary N) is 2. The number of anilines is 2. The van der Waals surface area contributed by atoms with Crippen LogP contribution in [0.1, 0.15) is 36.8 Å². The van der Waals surface area contributed by atoms with E-state index in [1.807, 2.05) is 11.8 Å². The van der Waals surface area contributed by atoms with Crippen LogP contribution in [0.3, 0.4) is 0 Å². The average Bonchev–Trinajstić information content (AvgIpc) is 3.29. The Kier molecular flexibility index (Phi) is 6.41. The summed E-state index contributed by atoms with van der Waals surface area (Å²) in [6, 6.07) is 2.77. The minimum Gasteiger partial charge on any atom is -0.363 e. The van der Waals surface area contributed by atoms with Gasteiger partial charge in [0.2, 0.25) is 11.7 Å². The number of allylic oxidation sites excluding steroid dienone is 2. The molecule has 206 valence electrons. The summed E-state index contributed by atoms with van der Waals surface area (Å²) in [6.45, 7) is 4.35. The van der Waals surface area contributed by atoms with Gasteiger partial charge < -0.3 is 20.1 Å². The number of rotatable bonds is 6. The Morgan fingerprint density at radius 3 is 2.67 bits per heavy atom. The highest BCUT2D eigenvalue weighted by atomic mass is 35.5. The predicted molar refractivity (Wildman–Crippen MR) is 141 cm³/mol. The van der Waals surface area contributed by atoms with E-state index in [1.165, 1.54) is 10.9 Å². The minimum atomic E-state index is -4.55. The van der Waals surface area contributed by atoms with Gasteiger partial charge in [-0.1, -0.05) is 24.6 Å². The molecule has 1 saturated heterocycles. The number of benzene rings is 1. The summed E-state index contributed by atoms with van der Waals surface area (Å²) in [5.74, 6) is 1.38. The summed E-state index contributed by atoms with van der Waals surface area (Å²) in [5, 5.41) is 10.2. The lowest BCUT2D eigenvalue weighted by Crippen LogP contribution is -2.47. The van der Waals surface area contributed by atoms with Crippen LogP contribution < -0.4 is 21.1 Å². The van der Waals surface area contributed by atoms with Gasteiger partial charge in [0.15, 0.2) is 5.82 Å². The molecular weight excluding hydrogens is 535 g/mol. The molecule has 1 aromatic carbocycles. The van der Waals surface area contributed by atoms with Crippen LogP contribution in [0.25, 0.3) is 11.4 Å². The van der Waals surface area contributed by atoms with Gasteiger partial charge in [0.05, 0.1) is 22.0 Å². The maximum Gasteiger partial charge on any atom is 0.416 e. The van der Waals surface area contributed by atoms with Crippen molar-refractivity contribution in [2.75, 3.05) is 36.4 Å². The quantitative estimate of drug-likeness (QED) is 0.477. The normalized spacial score (nSPS) is 20.7. The number of nitrogens with zero attached hydrogens (tertiary/aromatic N) is 5. The number of aromatic nitrogens is 4. The number of alkyl halides is 3. The van der Waals surface area contributed by atoms with E-state index in [2.05, 4.69) is 21.8 Å². The molecule has 3 aromatic rings. The summed E-state index contributed by atoms with van der Waals surface area (Å²) in [5.41, 5.74) is 1.00. The van der Waals surface area contributed by atoms with Crippen molar-refractivity contribution >= 4 is 40.2 Å². The van der Waals surface area contributed by atoms with Gasteiger partial charge in [-0.3, -0.25) is 9.59 Å². The first-order valence-corrected chi connectivity index (χ1v) is 13.4. The second-order valence-corrected chi connectivity index (χ2v) is 10.6. The lowest BCUT2D eigenvalue weighted by atomic mass is 10.2. The van der Waals surface area contributed by atoms with Gasteiger partial charge in [-0.05, 0) is 54.9 Å². The first-order valence-electron chi connectivity index (χ1n) is 13.0. The van der Waals surface area contributed by atoms with E-state index in [1.54, 1.807) is 4.57 Å². The van der Waals surface area contributed by atoms with Crippen molar-refractivity contribution in [2.24, 2.45) is 11.8 Å². The van der Waals surface area contributed by atoms with Gasteiger partial charge in [0.1, 0.15) is 12.2 Å². The number of carbonyl (C=O) groups excluding carboxylic acids is 1. The monoisotopic (exact) mass is 561 g/mol. The van der Waals surface area contributed by atoms with Gasteiger partial charge in [-0.25, -0.2) is 0 Å². The smallest absolute Gasteiger partial charge is 0.363 e. The molecule has 13 heteroatoms. The molecule has 1 aliphatic heterocycles. The lowest BCUT2D eigenvalue weighted by molar-refractivity contribution is -0.137. The average molecular weight is 562 g/mol. The number of fused-ring (bicyclic) bond motifs is 2. The summed E-state index contributed by atoms with van der Waals surface area (Å²) < 4.78 is 42.1. The molecule has 6 rings (SSSR count). The zero-order valence-corrected chi connectivity index (χ0v) is 21.9. The number of piperazine rings is 1. The molecule has 2 aliphatic carbocycles. The molecule has 2 unspecified atom stereocenters. The highest BCUT2D eigenvalue weighted by Crippen LogP contribution is 2.52. The Hall–Kier alpha value is -3.38. The summed E-state index contributed by atoms with van der Waals surface area (Å²) in [4.78, 5) is 33.7. The second kappa shape index (κ2) is 9.67. The first kappa shape index (κ1) is 25.9. The standard InChI is InChI=1S/C26H27ClF3N7O2/c1-2-20-22(35-7-5-31-6-8-35)24(39)37-25(33-23(34-37)16-10-14-9-15(14)11-16)36(20)13-21(38)32-19-4-3-17(12-18(19)27)26(28,29)30/h3-4,10,12,14-15,31H,2,5-9,11,13H2,1H3,(H,32,38). The minimum absolute atomic E-state index is 0.0598. The topological polar surface area (TPSA) is 96.6 Å². The number of hydrogen-bond donors (Lipinski definition) is 2. The van der Waals surface area contributed by atoms with E-state index >= 15 is 0 Å². The van der Waals surface area contributed by atoms with Crippen molar-refractivity contribution in [2.45, 2.75) is 38.9 Å². The number of amides is 1. The molecule has 1 amide bonds. The van der Waals surface area contributed by atoms with E-state index < -0.39 is 17.6 Å². The van der Waals surface area contributed by atoms with E-state index in [4.69, 9.17) is 16.6 Å². The van der Waals surface area contributed by atoms with Crippen LogP contribution in [-0.4, -0.2) is 51.3 Å². The molecule has 3 aliphatic rings. The van der Waals surface area contributed by atoms with Crippen LogP contribution in [0.4, 0.5) is 24.5 Å². The number of halogens is 4. The fourth-order valence-corrected chi connectivity index (χ4v) is 5.79. The van der Waals surface area contributed by atoms with Crippen LogP contribution >= 0.6 is 11.6 Å². The zero-order valence-electron chi connectivity index (χ0n) is 21.2. The third kappa shape index (κ3) is 4.80. The molecule has 2 aromatic heterocycles. The fourth-order valence-electron chi connectivity index (χ4n) is 5.56. The highest BCUT2D eigenvalue weighted by molar-refractivity contribution is 6.33. The Labute approximate surface area is 226 Å². The van der Waals surface area contributed by atoms with E-state index in [0.717, 1.165) is 30.2 Å². The third-order valence-corrected chi connectivity index (χ3v) is 7.94. The van der Waals surface area contributed by atoms with Gasteiger partial charge >= 0.3 is 6.18 Å². The highest BCUT2D eigenvalue weighted by Gasteiger charge is 2.42. The van der Waals surface area contributed by atoms with Gasteiger partial charge in [0, 0.05) is 26.2 Å². The molecule has 0 bridgehead atoms. The van der Waals surface area contributed by atoms with Crippen LogP contribution in [0.15, 0.2) is 29.1 Å². The Morgan fingerprint density at radius 2 is 2.03 bits per heavy atom. The van der Waals surface area contributed by atoms with E-state index in [9.17, 15) is 22.8 Å². The Bertz CT molecular complexity index is 1560. The van der Waals surface area contributed by atoms with Crippen LogP contribution in [0, 0.1) is 11.8 Å². The molecule has 2 N–H and O–H groups in total. The van der Waals surface area contributed by atoms with E-state index in [0.29, 0.717) is 61.6 Å². The predicted octanol–water partition coefficient (Wildman–Crippen LogP) is 3.60. The summed E-state index contributed by atoms with van der Waals surface area (Å²) in [7, 11) is 0. The van der Waals surface area contributed by atoms with Gasteiger partial charge in [-0.2, -0.15) is 22.7 Å². The van der Waals surface area contributed by atoms with Gasteiger partial charge in [-0.15, -0.1) is 5.10 Å². The molecular formula is C26H27ClF3N7O2. The molecule has 2 atom stereocenters. The van der Waals surface area contributed by atoms with Crippen LogP contribution in [0.2, 0.25) is 5.02 Å². The molecule has 0 spiro atoms.